The summed E-state index contributed by atoms with van der Waals surface area (Å²) >= 11 is 0. The first-order valence-electron chi connectivity index (χ1n) is 9.67. The molecule has 1 heterocycles. The molecule has 4 aromatic rings. The van der Waals surface area contributed by atoms with Gasteiger partial charge in [-0.15, -0.1) is 0 Å². The van der Waals surface area contributed by atoms with Gasteiger partial charge in [-0.25, -0.2) is 0 Å². The maximum absolute atomic E-state index is 12.9. The average molecular weight is 386 g/mol. The molecule has 4 rings (SSSR count). The van der Waals surface area contributed by atoms with E-state index in [-0.39, 0.29) is 5.91 Å². The largest absolute Gasteiger partial charge is 0.493 e. The number of amides is 1. The Hall–Kier alpha value is -3.60. The first-order valence-corrected chi connectivity index (χ1v) is 9.67. The highest BCUT2D eigenvalue weighted by Crippen LogP contribution is 2.28. The van der Waals surface area contributed by atoms with Crippen LogP contribution in [0.25, 0.3) is 21.7 Å². The topological polar surface area (TPSA) is 60.5 Å². The predicted octanol–water partition coefficient (Wildman–Crippen LogP) is 4.60. The summed E-state index contributed by atoms with van der Waals surface area (Å²) in [4.78, 5) is 17.3. The van der Waals surface area contributed by atoms with Crippen LogP contribution >= 0.6 is 0 Å². The lowest BCUT2D eigenvalue weighted by Crippen LogP contribution is -2.28. The van der Waals surface area contributed by atoms with Crippen molar-refractivity contribution < 1.29 is 14.3 Å². The quantitative estimate of drug-likeness (QED) is 0.472. The lowest BCUT2D eigenvalue weighted by Gasteiger charge is -2.14. The van der Waals surface area contributed by atoms with Crippen LogP contribution < -0.4 is 14.8 Å². The Labute approximate surface area is 169 Å². The van der Waals surface area contributed by atoms with Gasteiger partial charge in [-0.1, -0.05) is 48.5 Å². The van der Waals surface area contributed by atoms with Gasteiger partial charge in [-0.2, -0.15) is 0 Å². The highest BCUT2D eigenvalue weighted by Gasteiger charge is 2.16. The lowest BCUT2D eigenvalue weighted by atomic mass is 10.0. The highest BCUT2D eigenvalue weighted by molar-refractivity contribution is 6.09. The van der Waals surface area contributed by atoms with Gasteiger partial charge < -0.3 is 14.8 Å². The standard InChI is InChI=1S/C24H22N2O3/c1-2-28-20-13-12-17-7-3-4-10-19(17)22(20)24(27)26-15-16-29-21-11-5-8-18-9-6-14-25-23(18)21/h3-14H,2,15-16H2,1H3,(H,26,27). The molecular weight excluding hydrogens is 364 g/mol. The molecule has 5 nitrogen and oxygen atoms in total. The minimum Gasteiger partial charge on any atom is -0.493 e. The molecule has 1 N–H and O–H groups in total. The van der Waals surface area contributed by atoms with Crippen molar-refractivity contribution in [3.8, 4) is 11.5 Å². The van der Waals surface area contributed by atoms with Crippen LogP contribution in [0, 0.1) is 0 Å². The Kier molecular flexibility index (Phi) is 5.56. The fourth-order valence-electron chi connectivity index (χ4n) is 3.37. The lowest BCUT2D eigenvalue weighted by molar-refractivity contribution is 0.0945. The monoisotopic (exact) mass is 386 g/mol. The zero-order chi connectivity index (χ0) is 20.1. The molecular formula is C24H22N2O3. The Morgan fingerprint density at radius 1 is 0.897 bits per heavy atom. The number of ether oxygens (including phenoxy) is 2. The molecule has 29 heavy (non-hydrogen) atoms. The summed E-state index contributed by atoms with van der Waals surface area (Å²) in [6.45, 7) is 3.12. The number of nitrogens with zero attached hydrogens (tertiary/aromatic N) is 1. The fraction of sp³-hybridized carbons (Fsp3) is 0.167. The van der Waals surface area contributed by atoms with Crippen LogP contribution in [0.3, 0.4) is 0 Å². The second-order valence-electron chi connectivity index (χ2n) is 6.53. The molecule has 0 saturated heterocycles. The number of hydrogen-bond donors (Lipinski definition) is 1. The van der Waals surface area contributed by atoms with Crippen LogP contribution in [-0.2, 0) is 0 Å². The minimum absolute atomic E-state index is 0.176. The van der Waals surface area contributed by atoms with Gasteiger partial charge in [0.2, 0.25) is 0 Å². The summed E-state index contributed by atoms with van der Waals surface area (Å²) in [6.07, 6.45) is 1.74. The minimum atomic E-state index is -0.176. The number of benzene rings is 3. The Morgan fingerprint density at radius 3 is 2.62 bits per heavy atom. The molecule has 0 unspecified atom stereocenters. The number of pyridine rings is 1. The summed E-state index contributed by atoms with van der Waals surface area (Å²) < 4.78 is 11.6. The van der Waals surface area contributed by atoms with Crippen molar-refractivity contribution in [1.82, 2.24) is 10.3 Å². The van der Waals surface area contributed by atoms with Crippen LogP contribution in [0.4, 0.5) is 0 Å². The van der Waals surface area contributed by atoms with Gasteiger partial charge in [0.25, 0.3) is 5.91 Å². The third kappa shape index (κ3) is 3.99. The summed E-state index contributed by atoms with van der Waals surface area (Å²) in [5.41, 5.74) is 1.37. The van der Waals surface area contributed by atoms with E-state index in [2.05, 4.69) is 10.3 Å². The molecule has 0 aliphatic rings. The molecule has 1 amide bonds. The number of fused-ring (bicyclic) bond motifs is 2. The van der Waals surface area contributed by atoms with Crippen LogP contribution in [0.1, 0.15) is 17.3 Å². The molecule has 0 spiro atoms. The maximum Gasteiger partial charge on any atom is 0.255 e. The second-order valence-corrected chi connectivity index (χ2v) is 6.53. The third-order valence-corrected chi connectivity index (χ3v) is 4.66. The number of aromatic nitrogens is 1. The summed E-state index contributed by atoms with van der Waals surface area (Å²) in [5, 5.41) is 5.83. The van der Waals surface area contributed by atoms with Crippen molar-refractivity contribution in [2.45, 2.75) is 6.92 Å². The van der Waals surface area contributed by atoms with Gasteiger partial charge in [0.15, 0.2) is 0 Å². The van der Waals surface area contributed by atoms with Gasteiger partial charge in [0.05, 0.1) is 18.7 Å². The zero-order valence-corrected chi connectivity index (χ0v) is 16.2. The Bertz CT molecular complexity index is 1150. The average Bonchev–Trinajstić information content (AvgIpc) is 2.76. The Morgan fingerprint density at radius 2 is 1.72 bits per heavy atom. The predicted molar refractivity (Wildman–Crippen MR) is 115 cm³/mol. The molecule has 0 atom stereocenters. The number of carbonyl (C=O) groups is 1. The maximum atomic E-state index is 12.9. The van der Waals surface area contributed by atoms with Crippen LogP contribution in [-0.4, -0.2) is 30.6 Å². The van der Waals surface area contributed by atoms with E-state index in [0.717, 1.165) is 21.7 Å². The SMILES string of the molecule is CCOc1ccc2ccccc2c1C(=O)NCCOc1cccc2cccnc12. The van der Waals surface area contributed by atoms with Gasteiger partial charge in [-0.05, 0) is 35.9 Å². The van der Waals surface area contributed by atoms with Gasteiger partial charge >= 0.3 is 0 Å². The van der Waals surface area contributed by atoms with Crippen molar-refractivity contribution >= 4 is 27.6 Å². The van der Waals surface area contributed by atoms with Crippen molar-refractivity contribution in [2.75, 3.05) is 19.8 Å². The van der Waals surface area contributed by atoms with Gasteiger partial charge in [-0.3, -0.25) is 9.78 Å². The Balaban J connectivity index is 1.47. The van der Waals surface area contributed by atoms with E-state index >= 15 is 0 Å². The van der Waals surface area contributed by atoms with E-state index in [9.17, 15) is 4.79 Å². The second kappa shape index (κ2) is 8.61. The van der Waals surface area contributed by atoms with Crippen molar-refractivity contribution in [2.24, 2.45) is 0 Å². The molecule has 5 heteroatoms. The number of para-hydroxylation sites is 1. The fourth-order valence-corrected chi connectivity index (χ4v) is 3.37. The molecule has 0 saturated carbocycles. The third-order valence-electron chi connectivity index (χ3n) is 4.66. The summed E-state index contributed by atoms with van der Waals surface area (Å²) in [7, 11) is 0. The van der Waals surface area contributed by atoms with Gasteiger partial charge in [0.1, 0.15) is 23.6 Å². The molecule has 1 aromatic heterocycles. The van der Waals surface area contributed by atoms with Crippen LogP contribution in [0.5, 0.6) is 11.5 Å². The highest BCUT2D eigenvalue weighted by atomic mass is 16.5. The van der Waals surface area contributed by atoms with Crippen LogP contribution in [0.2, 0.25) is 0 Å². The number of nitrogens with one attached hydrogen (secondary N) is 1. The molecule has 0 fully saturated rings. The van der Waals surface area contributed by atoms with Crippen LogP contribution in [0.15, 0.2) is 72.9 Å². The smallest absolute Gasteiger partial charge is 0.255 e. The molecule has 3 aromatic carbocycles. The van der Waals surface area contributed by atoms with E-state index < -0.39 is 0 Å². The molecule has 0 aliphatic heterocycles. The summed E-state index contributed by atoms with van der Waals surface area (Å²) in [5.74, 6) is 1.12. The number of rotatable bonds is 7. The van der Waals surface area contributed by atoms with Crippen molar-refractivity contribution in [3.05, 3.63) is 78.5 Å². The zero-order valence-electron chi connectivity index (χ0n) is 16.2. The first-order chi connectivity index (χ1) is 14.3. The molecule has 0 aliphatic carbocycles. The van der Waals surface area contributed by atoms with Gasteiger partial charge in [0, 0.05) is 11.6 Å². The normalized spacial score (nSPS) is 10.8. The number of hydrogen-bond acceptors (Lipinski definition) is 4. The number of carbonyl (C=O) groups excluding carboxylic acids is 1. The molecule has 146 valence electrons. The van der Waals surface area contributed by atoms with Crippen molar-refractivity contribution in [3.63, 3.8) is 0 Å². The van der Waals surface area contributed by atoms with E-state index in [4.69, 9.17) is 9.47 Å². The molecule has 0 radical (unpaired) electrons. The van der Waals surface area contributed by atoms with E-state index in [1.165, 1.54) is 0 Å². The van der Waals surface area contributed by atoms with E-state index in [0.29, 0.717) is 36.8 Å². The molecule has 0 bridgehead atoms. The van der Waals surface area contributed by atoms with E-state index in [1.54, 1.807) is 6.20 Å². The van der Waals surface area contributed by atoms with E-state index in [1.807, 2.05) is 73.7 Å². The summed E-state index contributed by atoms with van der Waals surface area (Å²) in [6, 6.07) is 21.3. The van der Waals surface area contributed by atoms with Crippen molar-refractivity contribution in [1.29, 1.82) is 0 Å². The first kappa shape index (κ1) is 18.7.